The molecule has 0 saturated carbocycles. The second-order valence-corrected chi connectivity index (χ2v) is 6.94. The molecule has 31 heavy (non-hydrogen) atoms. The van der Waals surface area contributed by atoms with Gasteiger partial charge >= 0.3 is 0 Å². The first-order chi connectivity index (χ1) is 15.2. The zero-order chi connectivity index (χ0) is 22.4. The molecule has 1 unspecified atom stereocenters. The molecular weight excluding hydrogens is 404 g/mol. The zero-order valence-corrected chi connectivity index (χ0v) is 18.7. The summed E-state index contributed by atoms with van der Waals surface area (Å²) in [5, 5.41) is 5.30. The monoisotopic (exact) mass is 442 g/mol. The SMILES string of the molecule is CNC(=O)CCOCCOCCOCCOCCNC(=O)COC1C#CCCCCC1. The van der Waals surface area contributed by atoms with Crippen LogP contribution >= 0.6 is 0 Å². The van der Waals surface area contributed by atoms with Crippen molar-refractivity contribution >= 4 is 11.8 Å². The van der Waals surface area contributed by atoms with E-state index >= 15 is 0 Å². The molecule has 0 saturated heterocycles. The maximum absolute atomic E-state index is 11.8. The molecule has 0 aromatic heterocycles. The van der Waals surface area contributed by atoms with E-state index in [9.17, 15) is 9.59 Å². The second kappa shape index (κ2) is 20.2. The Morgan fingerprint density at radius 2 is 1.48 bits per heavy atom. The molecule has 9 heteroatoms. The summed E-state index contributed by atoms with van der Waals surface area (Å²) in [5.41, 5.74) is 0. The van der Waals surface area contributed by atoms with Crippen molar-refractivity contribution in [3.63, 3.8) is 0 Å². The zero-order valence-electron chi connectivity index (χ0n) is 18.7. The average molecular weight is 443 g/mol. The number of nitrogens with one attached hydrogen (secondary N) is 2. The van der Waals surface area contributed by atoms with E-state index in [0.29, 0.717) is 65.8 Å². The van der Waals surface area contributed by atoms with Crippen LogP contribution in [0.15, 0.2) is 0 Å². The molecule has 0 aromatic carbocycles. The lowest BCUT2D eigenvalue weighted by Crippen LogP contribution is -2.32. The number of carbonyl (C=O) groups excluding carboxylic acids is 2. The van der Waals surface area contributed by atoms with Crippen LogP contribution in [0.3, 0.4) is 0 Å². The summed E-state index contributed by atoms with van der Waals surface area (Å²) in [6, 6.07) is 0. The van der Waals surface area contributed by atoms with Gasteiger partial charge in [0.15, 0.2) is 0 Å². The van der Waals surface area contributed by atoms with E-state index in [2.05, 4.69) is 22.5 Å². The number of carbonyl (C=O) groups is 2. The summed E-state index contributed by atoms with van der Waals surface area (Å²) < 4.78 is 27.0. The van der Waals surface area contributed by atoms with E-state index in [-0.39, 0.29) is 24.5 Å². The fraction of sp³-hybridized carbons (Fsp3) is 0.818. The van der Waals surface area contributed by atoms with Gasteiger partial charge in [-0.3, -0.25) is 9.59 Å². The molecule has 2 amide bonds. The molecule has 1 aliphatic carbocycles. The molecule has 0 heterocycles. The topological polar surface area (TPSA) is 104 Å². The van der Waals surface area contributed by atoms with Crippen LogP contribution < -0.4 is 10.6 Å². The van der Waals surface area contributed by atoms with Crippen LogP contribution in [-0.2, 0) is 33.3 Å². The number of ether oxygens (including phenoxy) is 5. The maximum atomic E-state index is 11.8. The van der Waals surface area contributed by atoms with Gasteiger partial charge in [0.25, 0.3) is 0 Å². The lowest BCUT2D eigenvalue weighted by Gasteiger charge is -2.13. The van der Waals surface area contributed by atoms with Gasteiger partial charge < -0.3 is 34.3 Å². The Morgan fingerprint density at radius 1 is 0.839 bits per heavy atom. The Kier molecular flexibility index (Phi) is 17.8. The number of hydrogen-bond acceptors (Lipinski definition) is 7. The largest absolute Gasteiger partial charge is 0.379 e. The predicted octanol–water partition coefficient (Wildman–Crippen LogP) is 0.658. The van der Waals surface area contributed by atoms with Crippen LogP contribution in [0.5, 0.6) is 0 Å². The van der Waals surface area contributed by atoms with Gasteiger partial charge in [-0.05, 0) is 19.3 Å². The molecule has 0 aromatic rings. The smallest absolute Gasteiger partial charge is 0.246 e. The summed E-state index contributed by atoms with van der Waals surface area (Å²) in [7, 11) is 1.60. The highest BCUT2D eigenvalue weighted by atomic mass is 16.6. The summed E-state index contributed by atoms with van der Waals surface area (Å²) in [6.07, 6.45) is 5.44. The summed E-state index contributed by atoms with van der Waals surface area (Å²) in [4.78, 5) is 22.8. The Hall–Kier alpha value is -1.70. The lowest BCUT2D eigenvalue weighted by molar-refractivity contribution is -0.127. The average Bonchev–Trinajstić information content (AvgIpc) is 2.75. The van der Waals surface area contributed by atoms with Crippen molar-refractivity contribution in [2.75, 3.05) is 73.1 Å². The van der Waals surface area contributed by atoms with Gasteiger partial charge in [0.2, 0.25) is 11.8 Å². The molecule has 1 atom stereocenters. The van der Waals surface area contributed by atoms with Crippen molar-refractivity contribution in [3.05, 3.63) is 0 Å². The van der Waals surface area contributed by atoms with Crippen molar-refractivity contribution in [2.45, 2.75) is 44.6 Å². The highest BCUT2D eigenvalue weighted by Gasteiger charge is 2.10. The van der Waals surface area contributed by atoms with Gasteiger partial charge in [0.05, 0.1) is 52.9 Å². The van der Waals surface area contributed by atoms with Gasteiger partial charge in [-0.15, -0.1) is 5.92 Å². The minimum atomic E-state index is -0.154. The second-order valence-electron chi connectivity index (χ2n) is 6.94. The Balaban J connectivity index is 1.80. The van der Waals surface area contributed by atoms with Crippen molar-refractivity contribution in [1.29, 1.82) is 0 Å². The third-order valence-electron chi connectivity index (χ3n) is 4.38. The van der Waals surface area contributed by atoms with Gasteiger partial charge in [-0.1, -0.05) is 12.3 Å². The van der Waals surface area contributed by atoms with Crippen LogP contribution in [0.1, 0.15) is 38.5 Å². The fourth-order valence-corrected chi connectivity index (χ4v) is 2.64. The molecule has 9 nitrogen and oxygen atoms in total. The Bertz CT molecular complexity index is 534. The molecule has 0 spiro atoms. The molecule has 0 bridgehead atoms. The van der Waals surface area contributed by atoms with Gasteiger partial charge in [0.1, 0.15) is 12.7 Å². The fourth-order valence-electron chi connectivity index (χ4n) is 2.64. The molecule has 0 aliphatic heterocycles. The minimum absolute atomic E-state index is 0.0293. The molecule has 178 valence electrons. The first-order valence-electron chi connectivity index (χ1n) is 11.1. The molecule has 0 fully saturated rings. The van der Waals surface area contributed by atoms with Gasteiger partial charge in [0, 0.05) is 26.4 Å². The van der Waals surface area contributed by atoms with E-state index in [4.69, 9.17) is 23.7 Å². The quantitative estimate of drug-likeness (QED) is 0.237. The van der Waals surface area contributed by atoms with E-state index < -0.39 is 0 Å². The van der Waals surface area contributed by atoms with E-state index in [1.807, 2.05) is 0 Å². The molecule has 0 radical (unpaired) electrons. The highest BCUT2D eigenvalue weighted by Crippen LogP contribution is 2.10. The van der Waals surface area contributed by atoms with Gasteiger partial charge in [-0.2, -0.15) is 0 Å². The number of hydrogen-bond donors (Lipinski definition) is 2. The molecule has 1 aliphatic rings. The Morgan fingerprint density at radius 3 is 2.16 bits per heavy atom. The summed E-state index contributed by atoms with van der Waals surface area (Å²) in [5.74, 6) is 5.99. The lowest BCUT2D eigenvalue weighted by atomic mass is 10.1. The Labute approximate surface area is 185 Å². The van der Waals surface area contributed by atoms with Crippen LogP contribution in [0, 0.1) is 11.8 Å². The van der Waals surface area contributed by atoms with Crippen LogP contribution in [0.25, 0.3) is 0 Å². The first kappa shape index (κ1) is 27.3. The van der Waals surface area contributed by atoms with E-state index in [0.717, 1.165) is 25.7 Å². The summed E-state index contributed by atoms with van der Waals surface area (Å²) >= 11 is 0. The normalized spacial score (nSPS) is 16.0. The van der Waals surface area contributed by atoms with E-state index in [1.165, 1.54) is 6.42 Å². The standard InChI is InChI=1S/C22H38N2O7/c1-23-21(25)9-11-27-13-15-29-17-18-30-16-14-28-12-10-24-22(26)19-31-20-7-5-3-2-4-6-8-20/h20H,2-5,7,9-19H2,1H3,(H,23,25)(H,24,26). The number of amides is 2. The van der Waals surface area contributed by atoms with Crippen molar-refractivity contribution < 1.29 is 33.3 Å². The van der Waals surface area contributed by atoms with Gasteiger partial charge in [-0.25, -0.2) is 0 Å². The van der Waals surface area contributed by atoms with E-state index in [1.54, 1.807) is 7.05 Å². The third-order valence-corrected chi connectivity index (χ3v) is 4.38. The first-order valence-corrected chi connectivity index (χ1v) is 11.1. The van der Waals surface area contributed by atoms with Crippen molar-refractivity contribution in [1.82, 2.24) is 10.6 Å². The summed E-state index contributed by atoms with van der Waals surface area (Å²) in [6.45, 7) is 4.04. The molecule has 2 N–H and O–H groups in total. The number of rotatable bonds is 18. The van der Waals surface area contributed by atoms with Crippen LogP contribution in [0.4, 0.5) is 0 Å². The highest BCUT2D eigenvalue weighted by molar-refractivity contribution is 5.77. The predicted molar refractivity (Wildman–Crippen MR) is 116 cm³/mol. The minimum Gasteiger partial charge on any atom is -0.379 e. The van der Waals surface area contributed by atoms with Crippen LogP contribution in [0.2, 0.25) is 0 Å². The maximum Gasteiger partial charge on any atom is 0.246 e. The van der Waals surface area contributed by atoms with Crippen molar-refractivity contribution in [2.24, 2.45) is 0 Å². The van der Waals surface area contributed by atoms with Crippen molar-refractivity contribution in [3.8, 4) is 11.8 Å². The molecule has 1 rings (SSSR count). The third kappa shape index (κ3) is 17.7. The van der Waals surface area contributed by atoms with Crippen LogP contribution in [-0.4, -0.2) is 91.0 Å². The molecular formula is C22H38N2O7.